The molecule has 1 aliphatic rings. The number of carbonyl (C=O) groups is 1. The van der Waals surface area contributed by atoms with Crippen molar-refractivity contribution in [1.82, 2.24) is 10.3 Å². The molecule has 0 radical (unpaired) electrons. The van der Waals surface area contributed by atoms with E-state index in [2.05, 4.69) is 15.0 Å². The number of rotatable bonds is 7. The highest BCUT2D eigenvalue weighted by Crippen LogP contribution is 2.36. The number of amides is 1. The van der Waals surface area contributed by atoms with E-state index in [9.17, 15) is 13.2 Å². The molecule has 5 rings (SSSR count). The minimum absolute atomic E-state index is 0.121. The van der Waals surface area contributed by atoms with Gasteiger partial charge in [-0.15, -0.1) is 0 Å². The van der Waals surface area contributed by atoms with Crippen molar-refractivity contribution < 1.29 is 27.1 Å². The number of fused-ring (bicyclic) bond motifs is 2. The Morgan fingerprint density at radius 3 is 2.61 bits per heavy atom. The molecule has 0 spiro atoms. The molecular weight excluding hydrogens is 556 g/mol. The fourth-order valence-corrected chi connectivity index (χ4v) is 6.01. The van der Waals surface area contributed by atoms with Crippen LogP contribution in [0.25, 0.3) is 10.9 Å². The van der Waals surface area contributed by atoms with E-state index in [1.807, 2.05) is 6.92 Å². The van der Waals surface area contributed by atoms with E-state index in [1.165, 1.54) is 30.5 Å². The molecule has 1 aromatic heterocycles. The Labute approximate surface area is 228 Å². The lowest BCUT2D eigenvalue weighted by Crippen LogP contribution is -2.29. The predicted molar refractivity (Wildman–Crippen MR) is 143 cm³/mol. The zero-order chi connectivity index (χ0) is 27.0. The van der Waals surface area contributed by atoms with Crippen molar-refractivity contribution in [3.63, 3.8) is 0 Å². The van der Waals surface area contributed by atoms with Crippen LogP contribution >= 0.6 is 23.2 Å². The van der Waals surface area contributed by atoms with Gasteiger partial charge in [0.2, 0.25) is 0 Å². The van der Waals surface area contributed by atoms with Gasteiger partial charge in [0.1, 0.15) is 18.1 Å². The summed E-state index contributed by atoms with van der Waals surface area (Å²) in [6.45, 7) is 2.73. The molecule has 198 valence electrons. The molecule has 1 atom stereocenters. The molecular formula is C26H22Cl2FN3O5S. The molecule has 1 amide bonds. The van der Waals surface area contributed by atoms with Crippen molar-refractivity contribution in [3.8, 4) is 11.5 Å². The molecule has 8 nitrogen and oxygen atoms in total. The van der Waals surface area contributed by atoms with Gasteiger partial charge in [0.15, 0.2) is 17.3 Å². The topological polar surface area (TPSA) is 110 Å². The van der Waals surface area contributed by atoms with Crippen LogP contribution in [0.2, 0.25) is 10.0 Å². The van der Waals surface area contributed by atoms with Crippen LogP contribution in [0.15, 0.2) is 59.6 Å². The number of anilines is 1. The summed E-state index contributed by atoms with van der Waals surface area (Å²) in [6, 6.07) is 11.4. The third kappa shape index (κ3) is 4.87. The normalized spacial score (nSPS) is 13.8. The maximum Gasteiger partial charge on any atom is 0.264 e. The minimum Gasteiger partial charge on any atom is -0.486 e. The summed E-state index contributed by atoms with van der Waals surface area (Å²) in [5.74, 6) is -0.765. The summed E-state index contributed by atoms with van der Waals surface area (Å²) in [5, 5.41) is 3.83. The highest BCUT2D eigenvalue weighted by Gasteiger charge is 2.26. The highest BCUT2D eigenvalue weighted by atomic mass is 35.5. The maximum atomic E-state index is 15.5. The van der Waals surface area contributed by atoms with E-state index in [0.717, 1.165) is 11.6 Å². The summed E-state index contributed by atoms with van der Waals surface area (Å²) in [4.78, 5) is 15.3. The van der Waals surface area contributed by atoms with Gasteiger partial charge in [-0.25, -0.2) is 12.8 Å². The molecule has 0 unspecified atom stereocenters. The van der Waals surface area contributed by atoms with Gasteiger partial charge < -0.3 is 19.8 Å². The number of carbonyl (C=O) groups excluding carboxylic acids is 1. The van der Waals surface area contributed by atoms with Crippen molar-refractivity contribution in [2.75, 3.05) is 17.9 Å². The predicted octanol–water partition coefficient (Wildman–Crippen LogP) is 6.07. The molecule has 0 saturated carbocycles. The number of aromatic amines is 1. The Morgan fingerprint density at radius 1 is 1.08 bits per heavy atom. The van der Waals surface area contributed by atoms with Crippen LogP contribution < -0.4 is 19.5 Å². The number of hydrogen-bond acceptors (Lipinski definition) is 5. The summed E-state index contributed by atoms with van der Waals surface area (Å²) in [7, 11) is -4.43. The largest absolute Gasteiger partial charge is 0.486 e. The lowest BCUT2D eigenvalue weighted by Gasteiger charge is -2.22. The fraction of sp³-hybridized carbons (Fsp3) is 0.192. The standard InChI is InChI=1S/C26H22Cl2FN3O5S/c1-2-18(14-6-9-20-21(12-14)37-11-10-36-20)31-26(33)15-4-3-5-22(24(15)29)38(34,35)32-19-8-7-16(27)23-17(28)13-30-25(19)23/h3-9,12-13,18,30,32H,2,10-11H2,1H3,(H,31,33)/t18-/m0/s1. The Kier molecular flexibility index (Phi) is 7.13. The van der Waals surface area contributed by atoms with Crippen LogP contribution in [-0.4, -0.2) is 32.5 Å². The van der Waals surface area contributed by atoms with E-state index in [1.54, 1.807) is 18.2 Å². The lowest BCUT2D eigenvalue weighted by atomic mass is 10.0. The van der Waals surface area contributed by atoms with Gasteiger partial charge in [-0.3, -0.25) is 9.52 Å². The van der Waals surface area contributed by atoms with E-state index in [0.29, 0.717) is 52.1 Å². The van der Waals surface area contributed by atoms with E-state index >= 15 is 4.39 Å². The monoisotopic (exact) mass is 577 g/mol. The van der Waals surface area contributed by atoms with Crippen LogP contribution in [0, 0.1) is 5.82 Å². The molecule has 0 bridgehead atoms. The smallest absolute Gasteiger partial charge is 0.264 e. The molecule has 4 aromatic rings. The van der Waals surface area contributed by atoms with Crippen LogP contribution in [0.3, 0.4) is 0 Å². The number of H-pyrrole nitrogens is 1. The first-order valence-corrected chi connectivity index (χ1v) is 13.9. The molecule has 3 N–H and O–H groups in total. The first-order chi connectivity index (χ1) is 18.2. The number of aromatic nitrogens is 1. The number of halogens is 3. The molecule has 0 saturated heterocycles. The Hall–Kier alpha value is -3.47. The zero-order valence-corrected chi connectivity index (χ0v) is 22.3. The number of sulfonamides is 1. The molecule has 2 heterocycles. The third-order valence-corrected chi connectivity index (χ3v) is 8.16. The van der Waals surface area contributed by atoms with Crippen molar-refractivity contribution in [1.29, 1.82) is 0 Å². The average molecular weight is 578 g/mol. The summed E-state index contributed by atoms with van der Waals surface area (Å²) in [5.41, 5.74) is 0.793. The molecule has 0 fully saturated rings. The Morgan fingerprint density at radius 2 is 1.84 bits per heavy atom. The van der Waals surface area contributed by atoms with Gasteiger partial charge in [-0.05, 0) is 48.4 Å². The summed E-state index contributed by atoms with van der Waals surface area (Å²) >= 11 is 12.3. The van der Waals surface area contributed by atoms with Crippen LogP contribution in [0.5, 0.6) is 11.5 Å². The maximum absolute atomic E-state index is 15.5. The van der Waals surface area contributed by atoms with Gasteiger partial charge in [0.05, 0.1) is 32.9 Å². The average Bonchev–Trinajstić information content (AvgIpc) is 3.31. The van der Waals surface area contributed by atoms with E-state index in [4.69, 9.17) is 32.7 Å². The second kappa shape index (κ2) is 10.4. The summed E-state index contributed by atoms with van der Waals surface area (Å²) < 4.78 is 55.4. The van der Waals surface area contributed by atoms with Gasteiger partial charge in [0.25, 0.3) is 15.9 Å². The van der Waals surface area contributed by atoms with E-state index in [-0.39, 0.29) is 5.69 Å². The lowest BCUT2D eigenvalue weighted by molar-refractivity contribution is 0.0930. The molecule has 3 aromatic carbocycles. The van der Waals surface area contributed by atoms with Crippen molar-refractivity contribution in [3.05, 3.63) is 81.7 Å². The molecule has 38 heavy (non-hydrogen) atoms. The number of ether oxygens (including phenoxy) is 2. The Bertz CT molecular complexity index is 1660. The first-order valence-electron chi connectivity index (χ1n) is 11.7. The van der Waals surface area contributed by atoms with Crippen molar-refractivity contribution in [2.45, 2.75) is 24.3 Å². The number of benzene rings is 3. The third-order valence-electron chi connectivity index (χ3n) is 6.16. The molecule has 12 heteroatoms. The second-order valence-electron chi connectivity index (χ2n) is 8.54. The van der Waals surface area contributed by atoms with Gasteiger partial charge >= 0.3 is 0 Å². The van der Waals surface area contributed by atoms with Crippen LogP contribution in [0.4, 0.5) is 10.1 Å². The second-order valence-corrected chi connectivity index (χ2v) is 11.0. The van der Waals surface area contributed by atoms with Crippen molar-refractivity contribution >= 4 is 55.7 Å². The number of nitrogens with one attached hydrogen (secondary N) is 3. The Balaban J connectivity index is 1.41. The zero-order valence-electron chi connectivity index (χ0n) is 20.0. The minimum atomic E-state index is -4.43. The highest BCUT2D eigenvalue weighted by molar-refractivity contribution is 7.92. The first kappa shape index (κ1) is 26.1. The van der Waals surface area contributed by atoms with Crippen molar-refractivity contribution in [2.24, 2.45) is 0 Å². The van der Waals surface area contributed by atoms with Gasteiger partial charge in [0, 0.05) is 11.6 Å². The van der Waals surface area contributed by atoms with E-state index < -0.39 is 38.2 Å². The van der Waals surface area contributed by atoms with Gasteiger partial charge in [-0.2, -0.15) is 0 Å². The number of hydrogen-bond donors (Lipinski definition) is 3. The van der Waals surface area contributed by atoms with Crippen LogP contribution in [-0.2, 0) is 10.0 Å². The quantitative estimate of drug-likeness (QED) is 0.247. The summed E-state index contributed by atoms with van der Waals surface area (Å²) in [6.07, 6.45) is 1.96. The van der Waals surface area contributed by atoms with Crippen LogP contribution in [0.1, 0.15) is 35.3 Å². The fourth-order valence-electron chi connectivity index (χ4n) is 4.28. The SMILES string of the molecule is CC[C@H](NC(=O)c1cccc(S(=O)(=O)Nc2ccc(Cl)c3c(Cl)c[nH]c23)c1F)c1ccc2c(c1)OCCO2. The molecule has 1 aliphatic heterocycles. The molecule has 0 aliphatic carbocycles. The van der Waals surface area contributed by atoms with Gasteiger partial charge in [-0.1, -0.05) is 42.3 Å².